The van der Waals surface area contributed by atoms with E-state index in [9.17, 15) is 9.59 Å². The molecule has 0 saturated heterocycles. The first kappa shape index (κ1) is 21.4. The van der Waals surface area contributed by atoms with Gasteiger partial charge in [0.2, 0.25) is 0 Å². The van der Waals surface area contributed by atoms with Crippen molar-refractivity contribution in [2.45, 2.75) is 56.7 Å². The van der Waals surface area contributed by atoms with Crippen molar-refractivity contribution in [1.29, 1.82) is 0 Å². The Balaban J connectivity index is 1.37. The van der Waals surface area contributed by atoms with Crippen LogP contribution >= 0.6 is 0 Å². The lowest BCUT2D eigenvalue weighted by molar-refractivity contribution is -0.0348. The first-order valence-corrected chi connectivity index (χ1v) is 11.8. The van der Waals surface area contributed by atoms with Crippen LogP contribution in [0.3, 0.4) is 0 Å². The van der Waals surface area contributed by atoms with Crippen LogP contribution in [0.1, 0.15) is 75.4 Å². The van der Waals surface area contributed by atoms with Gasteiger partial charge in [0.15, 0.2) is 0 Å². The van der Waals surface area contributed by atoms with Crippen molar-refractivity contribution < 1.29 is 19.1 Å². The lowest BCUT2D eigenvalue weighted by atomic mass is 9.87. The summed E-state index contributed by atoms with van der Waals surface area (Å²) in [6.07, 6.45) is 3.10. The van der Waals surface area contributed by atoms with Crippen LogP contribution in [-0.4, -0.2) is 24.1 Å². The molecule has 3 aromatic rings. The number of hydrogen-bond donors (Lipinski definition) is 0. The number of aryl methyl sites for hydroxylation is 1. The van der Waals surface area contributed by atoms with E-state index in [1.807, 2.05) is 54.6 Å². The largest absolute Gasteiger partial charge is 0.454 e. The molecule has 0 aliphatic heterocycles. The van der Waals surface area contributed by atoms with Gasteiger partial charge in [0.1, 0.15) is 12.2 Å². The number of carbonyl (C=O) groups is 2. The molecule has 4 heteroatoms. The monoisotopic (exact) mass is 440 g/mol. The number of hydrogen-bond acceptors (Lipinski definition) is 4. The quantitative estimate of drug-likeness (QED) is 0.419. The summed E-state index contributed by atoms with van der Waals surface area (Å²) in [5.74, 6) is -0.680. The van der Waals surface area contributed by atoms with Crippen molar-refractivity contribution in [2.24, 2.45) is 0 Å². The molecule has 1 fully saturated rings. The molecule has 1 saturated carbocycles. The summed E-state index contributed by atoms with van der Waals surface area (Å²) in [5, 5.41) is 0. The average molecular weight is 441 g/mol. The van der Waals surface area contributed by atoms with E-state index in [2.05, 4.69) is 19.1 Å². The number of rotatable bonds is 7. The lowest BCUT2D eigenvalue weighted by Crippen LogP contribution is -2.39. The smallest absolute Gasteiger partial charge is 0.338 e. The molecule has 2 aliphatic rings. The van der Waals surface area contributed by atoms with Gasteiger partial charge in [0, 0.05) is 11.8 Å². The third-order valence-electron chi connectivity index (χ3n) is 6.92. The number of fused-ring (bicyclic) bond motifs is 5. The van der Waals surface area contributed by atoms with E-state index in [4.69, 9.17) is 9.47 Å². The predicted octanol–water partition coefficient (Wildman–Crippen LogP) is 6.06. The fourth-order valence-electron chi connectivity index (χ4n) is 5.24. The summed E-state index contributed by atoms with van der Waals surface area (Å²) in [5.41, 5.74) is 4.64. The Morgan fingerprint density at radius 1 is 0.727 bits per heavy atom. The molecule has 4 nitrogen and oxygen atoms in total. The van der Waals surface area contributed by atoms with Crippen LogP contribution in [0.15, 0.2) is 78.9 Å². The normalized spacial score (nSPS) is 22.6. The maximum Gasteiger partial charge on any atom is 0.338 e. The second-order valence-electron chi connectivity index (χ2n) is 8.98. The van der Waals surface area contributed by atoms with Gasteiger partial charge in [-0.1, -0.05) is 67.9 Å². The summed E-state index contributed by atoms with van der Waals surface area (Å²) >= 11 is 0. The molecule has 33 heavy (non-hydrogen) atoms. The Morgan fingerprint density at radius 2 is 1.24 bits per heavy atom. The zero-order valence-corrected chi connectivity index (χ0v) is 18.8. The Hall–Kier alpha value is -3.40. The second-order valence-corrected chi connectivity index (χ2v) is 8.98. The van der Waals surface area contributed by atoms with Crippen molar-refractivity contribution >= 4 is 11.9 Å². The van der Waals surface area contributed by atoms with E-state index in [1.54, 1.807) is 12.1 Å². The van der Waals surface area contributed by atoms with Crippen molar-refractivity contribution in [3.8, 4) is 0 Å². The summed E-state index contributed by atoms with van der Waals surface area (Å²) in [4.78, 5) is 25.9. The SMILES string of the molecule is CCCCc1ccc(C(=O)O[C@@H]2[C@H](OC(=O)c3ccccc3)[C@@H]3C[C@H]2c2ccccc23)cc1. The molecule has 0 N–H and O–H groups in total. The molecule has 0 unspecified atom stereocenters. The third-order valence-corrected chi connectivity index (χ3v) is 6.92. The highest BCUT2D eigenvalue weighted by Crippen LogP contribution is 2.55. The fourth-order valence-corrected chi connectivity index (χ4v) is 5.24. The minimum Gasteiger partial charge on any atom is -0.454 e. The van der Waals surface area contributed by atoms with Crippen LogP contribution in [0.4, 0.5) is 0 Å². The third kappa shape index (κ3) is 4.18. The molecule has 0 heterocycles. The highest BCUT2D eigenvalue weighted by atomic mass is 16.6. The molecule has 2 aliphatic carbocycles. The average Bonchev–Trinajstić information content (AvgIpc) is 3.40. The van der Waals surface area contributed by atoms with Gasteiger partial charge in [-0.05, 0) is 60.2 Å². The predicted molar refractivity (Wildman–Crippen MR) is 126 cm³/mol. The van der Waals surface area contributed by atoms with E-state index < -0.39 is 12.2 Å². The zero-order chi connectivity index (χ0) is 22.8. The van der Waals surface area contributed by atoms with Crippen molar-refractivity contribution in [3.63, 3.8) is 0 Å². The van der Waals surface area contributed by atoms with Crippen molar-refractivity contribution in [2.75, 3.05) is 0 Å². The van der Waals surface area contributed by atoms with Gasteiger partial charge in [-0.3, -0.25) is 0 Å². The van der Waals surface area contributed by atoms with Crippen LogP contribution in [-0.2, 0) is 15.9 Å². The molecule has 3 aromatic carbocycles. The topological polar surface area (TPSA) is 52.6 Å². The molecule has 168 valence electrons. The molecule has 0 spiro atoms. The van der Waals surface area contributed by atoms with Gasteiger partial charge < -0.3 is 9.47 Å². The maximum absolute atomic E-state index is 13.1. The molecule has 0 radical (unpaired) electrons. The van der Waals surface area contributed by atoms with E-state index in [0.717, 1.165) is 25.7 Å². The second kappa shape index (κ2) is 9.22. The lowest BCUT2D eigenvalue weighted by Gasteiger charge is -2.32. The Kier molecular flexibility index (Phi) is 5.99. The standard InChI is InChI=1S/C29H28O4/c1-2-3-9-19-14-16-21(17-15-19)29(31)33-27-25-18-24(22-12-7-8-13-23(22)25)26(27)32-28(30)20-10-5-4-6-11-20/h4-8,10-17,24-27H,2-3,9,18H2,1H3/t24-,25+,26-,27+/m1/s1. The Bertz CT molecular complexity index is 1140. The molecule has 4 atom stereocenters. The van der Waals surface area contributed by atoms with Gasteiger partial charge in [-0.15, -0.1) is 0 Å². The van der Waals surface area contributed by atoms with Gasteiger partial charge in [-0.25, -0.2) is 9.59 Å². The van der Waals surface area contributed by atoms with Gasteiger partial charge in [-0.2, -0.15) is 0 Å². The molecule has 2 bridgehead atoms. The fraction of sp³-hybridized carbons (Fsp3) is 0.310. The molecule has 0 aromatic heterocycles. The number of benzene rings is 3. The van der Waals surface area contributed by atoms with E-state index in [-0.39, 0.29) is 23.8 Å². The Labute approximate surface area is 194 Å². The maximum atomic E-state index is 13.1. The minimum absolute atomic E-state index is 0.0348. The van der Waals surface area contributed by atoms with Crippen molar-refractivity contribution in [1.82, 2.24) is 0 Å². The van der Waals surface area contributed by atoms with E-state index >= 15 is 0 Å². The Morgan fingerprint density at radius 3 is 1.79 bits per heavy atom. The van der Waals surface area contributed by atoms with Crippen LogP contribution in [0.5, 0.6) is 0 Å². The summed E-state index contributed by atoms with van der Waals surface area (Å²) < 4.78 is 12.0. The summed E-state index contributed by atoms with van der Waals surface area (Å²) in [6, 6.07) is 24.8. The minimum atomic E-state index is -0.496. The van der Waals surface area contributed by atoms with Crippen molar-refractivity contribution in [3.05, 3.63) is 107 Å². The van der Waals surface area contributed by atoms with Crippen LogP contribution in [0.2, 0.25) is 0 Å². The number of ether oxygens (including phenoxy) is 2. The van der Waals surface area contributed by atoms with Gasteiger partial charge in [0.25, 0.3) is 0 Å². The first-order valence-electron chi connectivity index (χ1n) is 11.8. The van der Waals surface area contributed by atoms with Crippen LogP contribution in [0, 0.1) is 0 Å². The van der Waals surface area contributed by atoms with Gasteiger partial charge >= 0.3 is 11.9 Å². The molecule has 0 amide bonds. The van der Waals surface area contributed by atoms with E-state index in [0.29, 0.717) is 11.1 Å². The highest BCUT2D eigenvalue weighted by Gasteiger charge is 2.55. The number of carbonyl (C=O) groups excluding carboxylic acids is 2. The van der Waals surface area contributed by atoms with E-state index in [1.165, 1.54) is 16.7 Å². The zero-order valence-electron chi connectivity index (χ0n) is 18.8. The summed E-state index contributed by atoms with van der Waals surface area (Å²) in [6.45, 7) is 2.17. The molecular weight excluding hydrogens is 412 g/mol. The first-order chi connectivity index (χ1) is 16.2. The van der Waals surface area contributed by atoms with Gasteiger partial charge in [0.05, 0.1) is 11.1 Å². The number of unbranched alkanes of at least 4 members (excludes halogenated alkanes) is 1. The molecular formula is C29H28O4. The molecule has 5 rings (SSSR count). The summed E-state index contributed by atoms with van der Waals surface area (Å²) in [7, 11) is 0. The van der Waals surface area contributed by atoms with Crippen LogP contribution in [0.25, 0.3) is 0 Å². The van der Waals surface area contributed by atoms with Crippen LogP contribution < -0.4 is 0 Å². The number of esters is 2. The highest BCUT2D eigenvalue weighted by molar-refractivity contribution is 5.90.